The molecule has 0 bridgehead atoms. The van der Waals surface area contributed by atoms with E-state index < -0.39 is 10.0 Å². The van der Waals surface area contributed by atoms with Crippen LogP contribution in [0.2, 0.25) is 0 Å². The summed E-state index contributed by atoms with van der Waals surface area (Å²) in [6.07, 6.45) is 5.37. The Labute approximate surface area is 137 Å². The fourth-order valence-electron chi connectivity index (χ4n) is 3.56. The maximum atomic E-state index is 11.9. The molecule has 6 nitrogen and oxygen atoms in total. The van der Waals surface area contributed by atoms with Crippen LogP contribution in [0.25, 0.3) is 0 Å². The summed E-state index contributed by atoms with van der Waals surface area (Å²) in [5.41, 5.74) is -0.0154. The van der Waals surface area contributed by atoms with Crippen molar-refractivity contribution < 1.29 is 17.6 Å². The van der Waals surface area contributed by atoms with Gasteiger partial charge in [0.05, 0.1) is 30.3 Å². The summed E-state index contributed by atoms with van der Waals surface area (Å²) < 4.78 is 37.9. The molecule has 1 saturated carbocycles. The molecular formula is C16H24N2O4S. The molecule has 3 fully saturated rings. The number of nitrogens with one attached hydrogen (secondary N) is 1. The van der Waals surface area contributed by atoms with E-state index in [4.69, 9.17) is 9.15 Å². The molecule has 4 rings (SSSR count). The van der Waals surface area contributed by atoms with E-state index in [0.717, 1.165) is 51.1 Å². The second kappa shape index (κ2) is 5.88. The van der Waals surface area contributed by atoms with Crippen molar-refractivity contribution in [2.45, 2.75) is 43.1 Å². The van der Waals surface area contributed by atoms with Gasteiger partial charge >= 0.3 is 0 Å². The monoisotopic (exact) mass is 340 g/mol. The first-order valence-corrected chi connectivity index (χ1v) is 9.97. The number of ether oxygens (including phenoxy) is 1. The van der Waals surface area contributed by atoms with Crippen LogP contribution in [0, 0.1) is 5.92 Å². The van der Waals surface area contributed by atoms with E-state index in [1.165, 1.54) is 0 Å². The second-order valence-corrected chi connectivity index (χ2v) is 9.26. The van der Waals surface area contributed by atoms with E-state index in [0.29, 0.717) is 19.1 Å². The molecule has 1 aromatic rings. The summed E-state index contributed by atoms with van der Waals surface area (Å²) in [4.78, 5) is 2.33. The molecule has 3 aliphatic rings. The summed E-state index contributed by atoms with van der Waals surface area (Å²) in [6, 6.07) is 3.91. The third-order valence-corrected chi connectivity index (χ3v) is 7.07. The van der Waals surface area contributed by atoms with Gasteiger partial charge in [-0.2, -0.15) is 0 Å². The lowest BCUT2D eigenvalue weighted by Crippen LogP contribution is -2.64. The maximum Gasteiger partial charge on any atom is 0.214 e. The van der Waals surface area contributed by atoms with Gasteiger partial charge in [0.1, 0.15) is 5.76 Å². The zero-order valence-electron chi connectivity index (χ0n) is 13.2. The van der Waals surface area contributed by atoms with Crippen molar-refractivity contribution in [1.29, 1.82) is 0 Å². The van der Waals surface area contributed by atoms with Crippen LogP contribution in [0.3, 0.4) is 0 Å². The number of likely N-dealkylation sites (tertiary alicyclic amines) is 1. The lowest BCUT2D eigenvalue weighted by atomic mass is 9.83. The van der Waals surface area contributed by atoms with Crippen LogP contribution < -0.4 is 4.72 Å². The number of hydrogen-bond acceptors (Lipinski definition) is 5. The molecule has 128 valence electrons. The topological polar surface area (TPSA) is 71.8 Å². The molecule has 0 amide bonds. The van der Waals surface area contributed by atoms with Gasteiger partial charge in [-0.05, 0) is 43.7 Å². The molecule has 23 heavy (non-hydrogen) atoms. The van der Waals surface area contributed by atoms with Gasteiger partial charge in [0.25, 0.3) is 0 Å². The Morgan fingerprint density at radius 3 is 2.74 bits per heavy atom. The van der Waals surface area contributed by atoms with Gasteiger partial charge in [-0.15, -0.1) is 0 Å². The van der Waals surface area contributed by atoms with E-state index in [9.17, 15) is 8.42 Å². The zero-order valence-corrected chi connectivity index (χ0v) is 14.1. The number of rotatable bonds is 6. The van der Waals surface area contributed by atoms with Crippen LogP contribution in [0.15, 0.2) is 22.8 Å². The Hall–Kier alpha value is -0.890. The molecule has 3 heterocycles. The highest BCUT2D eigenvalue weighted by Gasteiger charge is 2.46. The first-order chi connectivity index (χ1) is 11.0. The fraction of sp³-hybridized carbons (Fsp3) is 0.750. The summed E-state index contributed by atoms with van der Waals surface area (Å²) in [6.45, 7) is 3.89. The Kier molecular flexibility index (Phi) is 3.99. The summed E-state index contributed by atoms with van der Waals surface area (Å²) in [5.74, 6) is 1.29. The molecule has 1 atom stereocenters. The van der Waals surface area contributed by atoms with Crippen molar-refractivity contribution in [2.24, 2.45) is 5.92 Å². The minimum absolute atomic E-state index is 0.0154. The summed E-state index contributed by atoms with van der Waals surface area (Å²) in [5, 5.41) is -0.139. The molecule has 0 aromatic carbocycles. The molecular weight excluding hydrogens is 316 g/mol. The highest BCUT2D eigenvalue weighted by Crippen LogP contribution is 2.36. The minimum Gasteiger partial charge on any atom is -0.468 e. The van der Waals surface area contributed by atoms with Crippen LogP contribution >= 0.6 is 0 Å². The average Bonchev–Trinajstić information content (AvgIpc) is 3.25. The average molecular weight is 340 g/mol. The molecule has 2 aliphatic heterocycles. The van der Waals surface area contributed by atoms with Gasteiger partial charge in [-0.3, -0.25) is 4.90 Å². The Bertz CT molecular complexity index is 623. The molecule has 0 radical (unpaired) electrons. The summed E-state index contributed by atoms with van der Waals surface area (Å²) in [7, 11) is -3.07. The predicted molar refractivity (Wildman–Crippen MR) is 85.3 cm³/mol. The van der Waals surface area contributed by atoms with E-state index in [2.05, 4.69) is 9.62 Å². The second-order valence-electron chi connectivity index (χ2n) is 7.22. The minimum atomic E-state index is -3.07. The quantitative estimate of drug-likeness (QED) is 0.846. The van der Waals surface area contributed by atoms with Crippen LogP contribution in [0.1, 0.15) is 31.4 Å². The first kappa shape index (κ1) is 15.6. The predicted octanol–water partition coefficient (Wildman–Crippen LogP) is 1.34. The molecule has 0 unspecified atom stereocenters. The maximum absolute atomic E-state index is 11.9. The van der Waals surface area contributed by atoms with Crippen molar-refractivity contribution in [1.82, 2.24) is 9.62 Å². The number of hydrogen-bond donors (Lipinski definition) is 1. The highest BCUT2D eigenvalue weighted by molar-refractivity contribution is 7.90. The van der Waals surface area contributed by atoms with Gasteiger partial charge in [0.2, 0.25) is 10.0 Å². The molecule has 7 heteroatoms. The van der Waals surface area contributed by atoms with Crippen molar-refractivity contribution in [3.8, 4) is 0 Å². The van der Waals surface area contributed by atoms with E-state index in [1.807, 2.05) is 12.1 Å². The van der Waals surface area contributed by atoms with Crippen LogP contribution in [-0.4, -0.2) is 50.4 Å². The Morgan fingerprint density at radius 1 is 1.30 bits per heavy atom. The van der Waals surface area contributed by atoms with Crippen LogP contribution in [0.5, 0.6) is 0 Å². The van der Waals surface area contributed by atoms with Crippen molar-refractivity contribution >= 4 is 10.0 Å². The van der Waals surface area contributed by atoms with E-state index in [1.54, 1.807) is 6.26 Å². The van der Waals surface area contributed by atoms with E-state index in [-0.39, 0.29) is 10.9 Å². The Morgan fingerprint density at radius 2 is 2.13 bits per heavy atom. The van der Waals surface area contributed by atoms with E-state index >= 15 is 0 Å². The summed E-state index contributed by atoms with van der Waals surface area (Å²) >= 11 is 0. The largest absolute Gasteiger partial charge is 0.468 e. The fourth-order valence-corrected chi connectivity index (χ4v) is 5.02. The van der Waals surface area contributed by atoms with Crippen molar-refractivity contribution in [3.05, 3.63) is 24.2 Å². The lowest BCUT2D eigenvalue weighted by molar-refractivity contribution is -0.181. The lowest BCUT2D eigenvalue weighted by Gasteiger charge is -2.52. The number of nitrogens with zero attached hydrogens (tertiary/aromatic N) is 1. The smallest absolute Gasteiger partial charge is 0.214 e. The number of furan rings is 1. The van der Waals surface area contributed by atoms with Gasteiger partial charge in [0.15, 0.2) is 0 Å². The van der Waals surface area contributed by atoms with Crippen molar-refractivity contribution in [2.75, 3.05) is 26.2 Å². The standard InChI is InChI=1S/C16H24N2O4S/c19-23(20,15-3-4-15)17-8-13-5-6-16(22-10-13)11-18(12-16)9-14-2-1-7-21-14/h1-2,7,13,15,17H,3-6,8-12H2/t13-/m1/s1. The van der Waals surface area contributed by atoms with Gasteiger partial charge in [-0.1, -0.05) is 0 Å². The van der Waals surface area contributed by atoms with Gasteiger partial charge in [0, 0.05) is 19.6 Å². The molecule has 1 aromatic heterocycles. The SMILES string of the molecule is O=S(=O)(NC[C@H]1CCC2(CN(Cc3ccco3)C2)OC1)C1CC1. The Balaban J connectivity index is 1.20. The van der Waals surface area contributed by atoms with Gasteiger partial charge in [-0.25, -0.2) is 13.1 Å². The third-order valence-electron chi connectivity index (χ3n) is 5.15. The van der Waals surface area contributed by atoms with Crippen molar-refractivity contribution in [3.63, 3.8) is 0 Å². The molecule has 2 saturated heterocycles. The molecule has 1 aliphatic carbocycles. The number of sulfonamides is 1. The van der Waals surface area contributed by atoms with Crippen LogP contribution in [-0.2, 0) is 21.3 Å². The van der Waals surface area contributed by atoms with Crippen LogP contribution in [0.4, 0.5) is 0 Å². The molecule has 1 N–H and O–H groups in total. The first-order valence-electron chi connectivity index (χ1n) is 8.42. The molecule has 1 spiro atoms. The van der Waals surface area contributed by atoms with Gasteiger partial charge < -0.3 is 9.15 Å². The highest BCUT2D eigenvalue weighted by atomic mass is 32.2. The normalized spacial score (nSPS) is 27.9. The third kappa shape index (κ3) is 3.47. The zero-order chi connectivity index (χ0) is 15.9.